The summed E-state index contributed by atoms with van der Waals surface area (Å²) in [7, 11) is 1.77. The number of rotatable bonds is 4. The summed E-state index contributed by atoms with van der Waals surface area (Å²) in [6.07, 6.45) is 1.51. The lowest BCUT2D eigenvalue weighted by atomic mass is 10.2. The van der Waals surface area contributed by atoms with Gasteiger partial charge in [-0.2, -0.15) is 5.10 Å². The Labute approximate surface area is 112 Å². The van der Waals surface area contributed by atoms with E-state index in [1.807, 2.05) is 18.5 Å². The summed E-state index contributed by atoms with van der Waals surface area (Å²) >= 11 is 0. The summed E-state index contributed by atoms with van der Waals surface area (Å²) in [6.45, 7) is 7.43. The van der Waals surface area contributed by atoms with E-state index in [0.717, 1.165) is 23.5 Å². The number of carbonyl (C=O) groups excluding carboxylic acids is 1. The Bertz CT molecular complexity index is 570. The predicted octanol–water partition coefficient (Wildman–Crippen LogP) is 2.39. The minimum absolute atomic E-state index is 0.118. The van der Waals surface area contributed by atoms with Crippen molar-refractivity contribution in [3.05, 3.63) is 41.1 Å². The number of amides is 1. The van der Waals surface area contributed by atoms with E-state index in [-0.39, 0.29) is 5.91 Å². The third-order valence-corrected chi connectivity index (χ3v) is 3.30. The first-order chi connectivity index (χ1) is 9.04. The van der Waals surface area contributed by atoms with Crippen LogP contribution in [0.1, 0.15) is 34.4 Å². The standard InChI is InChI=1S/C14H19N3O2/c1-5-17-11(3)12(10(2)15-17)9-16(4)14(18)13-7-6-8-19-13/h6-8H,5,9H2,1-4H3. The predicted molar refractivity (Wildman–Crippen MR) is 71.9 cm³/mol. The Kier molecular flexibility index (Phi) is 3.74. The van der Waals surface area contributed by atoms with Crippen LogP contribution in [0.4, 0.5) is 0 Å². The highest BCUT2D eigenvalue weighted by Gasteiger charge is 2.18. The number of hydrogen-bond donors (Lipinski definition) is 0. The van der Waals surface area contributed by atoms with E-state index in [1.54, 1.807) is 24.1 Å². The molecular weight excluding hydrogens is 242 g/mol. The van der Waals surface area contributed by atoms with Gasteiger partial charge in [-0.1, -0.05) is 0 Å². The van der Waals surface area contributed by atoms with E-state index in [2.05, 4.69) is 12.0 Å². The Morgan fingerprint density at radius 2 is 2.21 bits per heavy atom. The van der Waals surface area contributed by atoms with E-state index in [0.29, 0.717) is 12.3 Å². The van der Waals surface area contributed by atoms with Crippen molar-refractivity contribution in [2.24, 2.45) is 0 Å². The second-order valence-electron chi connectivity index (χ2n) is 4.60. The Hall–Kier alpha value is -2.04. The van der Waals surface area contributed by atoms with E-state index >= 15 is 0 Å². The lowest BCUT2D eigenvalue weighted by molar-refractivity contribution is 0.0753. The SMILES string of the molecule is CCn1nc(C)c(CN(C)C(=O)c2ccco2)c1C. The van der Waals surface area contributed by atoms with Gasteiger partial charge >= 0.3 is 0 Å². The van der Waals surface area contributed by atoms with Crippen molar-refractivity contribution in [1.29, 1.82) is 0 Å². The second-order valence-corrected chi connectivity index (χ2v) is 4.60. The van der Waals surface area contributed by atoms with Crippen molar-refractivity contribution in [2.75, 3.05) is 7.05 Å². The van der Waals surface area contributed by atoms with Gasteiger partial charge in [0.05, 0.1) is 12.0 Å². The molecule has 0 atom stereocenters. The van der Waals surface area contributed by atoms with Gasteiger partial charge in [0.25, 0.3) is 5.91 Å². The van der Waals surface area contributed by atoms with Crippen LogP contribution in [0.15, 0.2) is 22.8 Å². The number of nitrogens with zero attached hydrogens (tertiary/aromatic N) is 3. The normalized spacial score (nSPS) is 10.7. The summed E-state index contributed by atoms with van der Waals surface area (Å²) in [6, 6.07) is 3.39. The number of hydrogen-bond acceptors (Lipinski definition) is 3. The van der Waals surface area contributed by atoms with Crippen LogP contribution in [0, 0.1) is 13.8 Å². The van der Waals surface area contributed by atoms with Crippen LogP contribution in [-0.2, 0) is 13.1 Å². The highest BCUT2D eigenvalue weighted by atomic mass is 16.3. The van der Waals surface area contributed by atoms with E-state index in [4.69, 9.17) is 4.42 Å². The lowest BCUT2D eigenvalue weighted by Gasteiger charge is -2.16. The third kappa shape index (κ3) is 2.54. The summed E-state index contributed by atoms with van der Waals surface area (Å²) in [5.74, 6) is 0.244. The van der Waals surface area contributed by atoms with Crippen molar-refractivity contribution in [1.82, 2.24) is 14.7 Å². The maximum absolute atomic E-state index is 12.1. The fourth-order valence-electron chi connectivity index (χ4n) is 2.17. The quantitative estimate of drug-likeness (QED) is 0.849. The molecule has 0 aliphatic heterocycles. The Morgan fingerprint density at radius 3 is 2.74 bits per heavy atom. The van der Waals surface area contributed by atoms with Gasteiger partial charge in [-0.05, 0) is 32.9 Å². The number of aromatic nitrogens is 2. The minimum atomic E-state index is -0.118. The van der Waals surface area contributed by atoms with Crippen LogP contribution in [-0.4, -0.2) is 27.6 Å². The Balaban J connectivity index is 2.17. The lowest BCUT2D eigenvalue weighted by Crippen LogP contribution is -2.26. The molecule has 0 bridgehead atoms. The van der Waals surface area contributed by atoms with E-state index in [1.165, 1.54) is 6.26 Å². The molecule has 2 heterocycles. The van der Waals surface area contributed by atoms with Crippen molar-refractivity contribution >= 4 is 5.91 Å². The molecule has 0 aliphatic carbocycles. The van der Waals surface area contributed by atoms with Gasteiger partial charge in [0.15, 0.2) is 5.76 Å². The Morgan fingerprint density at radius 1 is 1.47 bits per heavy atom. The fraction of sp³-hybridized carbons (Fsp3) is 0.429. The molecule has 0 saturated carbocycles. The molecule has 2 rings (SSSR count). The summed E-state index contributed by atoms with van der Waals surface area (Å²) in [5, 5.41) is 4.46. The highest BCUT2D eigenvalue weighted by Crippen LogP contribution is 2.16. The van der Waals surface area contributed by atoms with Gasteiger partial charge in [-0.15, -0.1) is 0 Å². The molecule has 1 amide bonds. The molecule has 0 aliphatic rings. The minimum Gasteiger partial charge on any atom is -0.459 e. The van der Waals surface area contributed by atoms with Gasteiger partial charge in [-0.3, -0.25) is 9.48 Å². The molecule has 2 aromatic heterocycles. The topological polar surface area (TPSA) is 51.3 Å². The summed E-state index contributed by atoms with van der Waals surface area (Å²) in [4.78, 5) is 13.8. The number of furan rings is 1. The van der Waals surface area contributed by atoms with Crippen LogP contribution in [0.5, 0.6) is 0 Å². The molecule has 0 saturated heterocycles. The van der Waals surface area contributed by atoms with Crippen LogP contribution >= 0.6 is 0 Å². The molecular formula is C14H19N3O2. The van der Waals surface area contributed by atoms with Gasteiger partial charge in [-0.25, -0.2) is 0 Å². The molecule has 5 nitrogen and oxygen atoms in total. The molecule has 0 spiro atoms. The number of carbonyl (C=O) groups is 1. The molecule has 102 valence electrons. The van der Waals surface area contributed by atoms with Crippen molar-refractivity contribution in [3.8, 4) is 0 Å². The average Bonchev–Trinajstić information content (AvgIpc) is 3.01. The van der Waals surface area contributed by atoms with Gasteiger partial charge in [0.1, 0.15) is 0 Å². The van der Waals surface area contributed by atoms with Crippen molar-refractivity contribution in [3.63, 3.8) is 0 Å². The van der Waals surface area contributed by atoms with Crippen molar-refractivity contribution < 1.29 is 9.21 Å². The van der Waals surface area contributed by atoms with Crippen LogP contribution < -0.4 is 0 Å². The molecule has 0 radical (unpaired) electrons. The van der Waals surface area contributed by atoms with Crippen molar-refractivity contribution in [2.45, 2.75) is 33.9 Å². The van der Waals surface area contributed by atoms with Gasteiger partial charge in [0.2, 0.25) is 0 Å². The number of aryl methyl sites for hydroxylation is 2. The smallest absolute Gasteiger partial charge is 0.289 e. The molecule has 0 N–H and O–H groups in total. The molecule has 0 unspecified atom stereocenters. The summed E-state index contributed by atoms with van der Waals surface area (Å²) < 4.78 is 7.08. The van der Waals surface area contributed by atoms with E-state index in [9.17, 15) is 4.79 Å². The molecule has 0 fully saturated rings. The van der Waals surface area contributed by atoms with Crippen LogP contribution in [0.2, 0.25) is 0 Å². The first-order valence-electron chi connectivity index (χ1n) is 6.36. The maximum atomic E-state index is 12.1. The first-order valence-corrected chi connectivity index (χ1v) is 6.36. The molecule has 5 heteroatoms. The highest BCUT2D eigenvalue weighted by molar-refractivity contribution is 5.91. The fourth-order valence-corrected chi connectivity index (χ4v) is 2.17. The molecule has 2 aromatic rings. The average molecular weight is 261 g/mol. The van der Waals surface area contributed by atoms with Gasteiger partial charge in [0, 0.05) is 31.4 Å². The molecule has 19 heavy (non-hydrogen) atoms. The third-order valence-electron chi connectivity index (χ3n) is 3.30. The van der Waals surface area contributed by atoms with Crippen LogP contribution in [0.3, 0.4) is 0 Å². The monoisotopic (exact) mass is 261 g/mol. The molecule has 0 aromatic carbocycles. The zero-order valence-electron chi connectivity index (χ0n) is 11.8. The van der Waals surface area contributed by atoms with Crippen LogP contribution in [0.25, 0.3) is 0 Å². The van der Waals surface area contributed by atoms with Gasteiger partial charge < -0.3 is 9.32 Å². The van der Waals surface area contributed by atoms with E-state index < -0.39 is 0 Å². The largest absolute Gasteiger partial charge is 0.459 e. The summed E-state index contributed by atoms with van der Waals surface area (Å²) in [5.41, 5.74) is 3.18. The second kappa shape index (κ2) is 5.30. The first kappa shape index (κ1) is 13.4. The maximum Gasteiger partial charge on any atom is 0.289 e. The zero-order valence-corrected chi connectivity index (χ0v) is 11.8. The zero-order chi connectivity index (χ0) is 14.0.